The average Bonchev–Trinajstić information content (AvgIpc) is 2.04. The van der Waals surface area contributed by atoms with Crippen LogP contribution in [-0.2, 0) is 9.53 Å². The highest BCUT2D eigenvalue weighted by Crippen LogP contribution is 1.98. The third-order valence-corrected chi connectivity index (χ3v) is 1.31. The highest BCUT2D eigenvalue weighted by Gasteiger charge is 1.96. The molecule has 0 spiro atoms. The largest absolute Gasteiger partial charge is 0.469 e. The molecule has 63 valence electrons. The summed E-state index contributed by atoms with van der Waals surface area (Å²) >= 11 is 0. The number of hydrogen-bond donors (Lipinski definition) is 0. The summed E-state index contributed by atoms with van der Waals surface area (Å²) in [5.41, 5.74) is 0. The molecule has 2 nitrogen and oxygen atoms in total. The Morgan fingerprint density at radius 3 is 2.82 bits per heavy atom. The first kappa shape index (κ1) is 10.2. The third-order valence-electron chi connectivity index (χ3n) is 1.31. The quantitative estimate of drug-likeness (QED) is 0.345. The van der Waals surface area contributed by atoms with Crippen molar-refractivity contribution in [2.75, 3.05) is 7.11 Å². The fourth-order valence-corrected chi connectivity index (χ4v) is 0.702. The smallest absolute Gasteiger partial charge is 0.305 e. The zero-order valence-corrected chi connectivity index (χ0v) is 7.01. The van der Waals surface area contributed by atoms with E-state index in [0.717, 1.165) is 19.3 Å². The Bertz CT molecular complexity index is 128. The van der Waals surface area contributed by atoms with E-state index in [1.165, 1.54) is 7.11 Å². The van der Waals surface area contributed by atoms with Crippen molar-refractivity contribution in [1.29, 1.82) is 0 Å². The van der Waals surface area contributed by atoms with Crippen LogP contribution in [0, 0.1) is 6.92 Å². The molecule has 0 aromatic heterocycles. The normalized spacial score (nSPS) is 10.4. The van der Waals surface area contributed by atoms with Gasteiger partial charge in [-0.2, -0.15) is 0 Å². The molecule has 0 aliphatic rings. The molecule has 0 saturated carbocycles. The molecule has 0 N–H and O–H groups in total. The molecule has 0 amide bonds. The van der Waals surface area contributed by atoms with Gasteiger partial charge in [-0.1, -0.05) is 12.2 Å². The van der Waals surface area contributed by atoms with Crippen molar-refractivity contribution in [3.05, 3.63) is 19.1 Å². The fourth-order valence-electron chi connectivity index (χ4n) is 0.702. The second-order valence-corrected chi connectivity index (χ2v) is 2.23. The van der Waals surface area contributed by atoms with Crippen molar-refractivity contribution in [3.63, 3.8) is 0 Å². The molecule has 0 aliphatic heterocycles. The van der Waals surface area contributed by atoms with E-state index in [9.17, 15) is 4.79 Å². The number of hydrogen-bond acceptors (Lipinski definition) is 2. The average molecular weight is 155 g/mol. The maximum atomic E-state index is 10.6. The lowest BCUT2D eigenvalue weighted by Gasteiger charge is -1.95. The van der Waals surface area contributed by atoms with Crippen LogP contribution in [0.3, 0.4) is 0 Å². The lowest BCUT2D eigenvalue weighted by atomic mass is 10.2. The number of ether oxygens (including phenoxy) is 1. The number of unbranched alkanes of at least 4 members (excludes halogenated alkanes) is 1. The second kappa shape index (κ2) is 7.32. The molecule has 0 aromatic rings. The van der Waals surface area contributed by atoms with Gasteiger partial charge in [-0.3, -0.25) is 4.79 Å². The van der Waals surface area contributed by atoms with Crippen LogP contribution in [-0.4, -0.2) is 13.1 Å². The van der Waals surface area contributed by atoms with Gasteiger partial charge in [-0.15, -0.1) is 0 Å². The van der Waals surface area contributed by atoms with Gasteiger partial charge in [0.15, 0.2) is 0 Å². The van der Waals surface area contributed by atoms with E-state index in [2.05, 4.69) is 11.7 Å². The van der Waals surface area contributed by atoms with Crippen LogP contribution in [0.5, 0.6) is 0 Å². The molecule has 0 atom stereocenters. The van der Waals surface area contributed by atoms with E-state index in [4.69, 9.17) is 0 Å². The standard InChI is InChI=1S/C9H15O2/c1-3-4-5-6-7-8-9(10)11-2/h4-5H,1,3,6-8H2,2H3. The minimum atomic E-state index is -0.131. The molecular formula is C9H15O2. The number of methoxy groups -OCH3 is 1. The predicted octanol–water partition coefficient (Wildman–Crippen LogP) is 2.11. The summed E-state index contributed by atoms with van der Waals surface area (Å²) in [4.78, 5) is 10.6. The van der Waals surface area contributed by atoms with E-state index in [-0.39, 0.29) is 5.97 Å². The van der Waals surface area contributed by atoms with Crippen molar-refractivity contribution in [3.8, 4) is 0 Å². The summed E-state index contributed by atoms with van der Waals surface area (Å²) in [6.45, 7) is 3.66. The lowest BCUT2D eigenvalue weighted by molar-refractivity contribution is -0.140. The highest BCUT2D eigenvalue weighted by molar-refractivity contribution is 5.68. The summed E-state index contributed by atoms with van der Waals surface area (Å²) in [5.74, 6) is -0.131. The monoisotopic (exact) mass is 155 g/mol. The number of allylic oxidation sites excluding steroid dienone is 2. The van der Waals surface area contributed by atoms with Crippen LogP contribution < -0.4 is 0 Å². The molecule has 0 aliphatic carbocycles. The Morgan fingerprint density at radius 2 is 2.27 bits per heavy atom. The van der Waals surface area contributed by atoms with Gasteiger partial charge in [0.25, 0.3) is 0 Å². The van der Waals surface area contributed by atoms with Gasteiger partial charge in [-0.25, -0.2) is 0 Å². The molecule has 0 bridgehead atoms. The third kappa shape index (κ3) is 7.10. The van der Waals surface area contributed by atoms with E-state index in [1.54, 1.807) is 0 Å². The zero-order chi connectivity index (χ0) is 8.53. The Labute approximate surface area is 68.2 Å². The highest BCUT2D eigenvalue weighted by atomic mass is 16.5. The lowest BCUT2D eigenvalue weighted by Crippen LogP contribution is -1.98. The molecule has 0 heterocycles. The van der Waals surface area contributed by atoms with E-state index in [1.807, 2.05) is 12.2 Å². The second-order valence-electron chi connectivity index (χ2n) is 2.23. The van der Waals surface area contributed by atoms with Gasteiger partial charge in [0.1, 0.15) is 0 Å². The van der Waals surface area contributed by atoms with Crippen molar-refractivity contribution in [1.82, 2.24) is 0 Å². The number of rotatable bonds is 5. The van der Waals surface area contributed by atoms with Crippen molar-refractivity contribution >= 4 is 5.97 Å². The molecule has 0 aromatic carbocycles. The molecule has 0 rings (SSSR count). The molecule has 2 heteroatoms. The summed E-state index contributed by atoms with van der Waals surface area (Å²) in [6.07, 6.45) is 7.16. The molecule has 0 fully saturated rings. The zero-order valence-electron chi connectivity index (χ0n) is 7.01. The van der Waals surface area contributed by atoms with Gasteiger partial charge in [-0.05, 0) is 26.2 Å². The SMILES string of the molecule is [CH2]CC=CCCCC(=O)OC. The van der Waals surface area contributed by atoms with E-state index in [0.29, 0.717) is 6.42 Å². The molecule has 1 radical (unpaired) electrons. The molecule has 11 heavy (non-hydrogen) atoms. The molecule has 0 saturated heterocycles. The fraction of sp³-hybridized carbons (Fsp3) is 0.556. The van der Waals surface area contributed by atoms with Gasteiger partial charge in [0.05, 0.1) is 7.11 Å². The Morgan fingerprint density at radius 1 is 1.55 bits per heavy atom. The Kier molecular flexibility index (Phi) is 6.79. The first-order valence-electron chi connectivity index (χ1n) is 3.82. The van der Waals surface area contributed by atoms with Gasteiger partial charge in [0.2, 0.25) is 0 Å². The minimum absolute atomic E-state index is 0.131. The molecular weight excluding hydrogens is 140 g/mol. The van der Waals surface area contributed by atoms with Crippen molar-refractivity contribution in [2.45, 2.75) is 25.7 Å². The minimum Gasteiger partial charge on any atom is -0.469 e. The van der Waals surface area contributed by atoms with Crippen LogP contribution >= 0.6 is 0 Å². The summed E-state index contributed by atoms with van der Waals surface area (Å²) < 4.78 is 4.48. The number of carbonyl (C=O) groups excluding carboxylic acids is 1. The summed E-state index contributed by atoms with van der Waals surface area (Å²) in [5, 5.41) is 0. The van der Waals surface area contributed by atoms with Crippen LogP contribution in [0.2, 0.25) is 0 Å². The van der Waals surface area contributed by atoms with Gasteiger partial charge in [0, 0.05) is 6.42 Å². The van der Waals surface area contributed by atoms with E-state index >= 15 is 0 Å². The maximum Gasteiger partial charge on any atom is 0.305 e. The summed E-state index contributed by atoms with van der Waals surface area (Å²) in [6, 6.07) is 0. The van der Waals surface area contributed by atoms with Gasteiger partial charge < -0.3 is 4.74 Å². The number of esters is 1. The predicted molar refractivity (Wildman–Crippen MR) is 45.0 cm³/mol. The van der Waals surface area contributed by atoms with Gasteiger partial charge >= 0.3 is 5.97 Å². The topological polar surface area (TPSA) is 26.3 Å². The van der Waals surface area contributed by atoms with Crippen LogP contribution in [0.25, 0.3) is 0 Å². The van der Waals surface area contributed by atoms with Crippen molar-refractivity contribution in [2.24, 2.45) is 0 Å². The van der Waals surface area contributed by atoms with Crippen LogP contribution in [0.4, 0.5) is 0 Å². The first-order chi connectivity index (χ1) is 5.31. The van der Waals surface area contributed by atoms with Crippen LogP contribution in [0.15, 0.2) is 12.2 Å². The first-order valence-corrected chi connectivity index (χ1v) is 3.82. The number of carbonyl (C=O) groups is 1. The Balaban J connectivity index is 3.14. The maximum absolute atomic E-state index is 10.6. The Hall–Kier alpha value is -0.790. The van der Waals surface area contributed by atoms with Crippen LogP contribution in [0.1, 0.15) is 25.7 Å². The molecule has 0 unspecified atom stereocenters. The van der Waals surface area contributed by atoms with Crippen molar-refractivity contribution < 1.29 is 9.53 Å². The van der Waals surface area contributed by atoms with E-state index < -0.39 is 0 Å². The summed E-state index contributed by atoms with van der Waals surface area (Å²) in [7, 11) is 1.41.